The highest BCUT2D eigenvalue weighted by atomic mass is 31.3. The van der Waals surface area contributed by atoms with Gasteiger partial charge in [-0.3, -0.25) is 28.0 Å². The number of aryl methyl sites for hydroxylation is 1. The third-order valence-electron chi connectivity index (χ3n) is 5.22. The van der Waals surface area contributed by atoms with Crippen molar-refractivity contribution in [2.24, 2.45) is 0 Å². The lowest BCUT2D eigenvalue weighted by Crippen LogP contribution is -2.37. The van der Waals surface area contributed by atoms with Crippen LogP contribution in [0.3, 0.4) is 0 Å². The van der Waals surface area contributed by atoms with Crippen LogP contribution in [0, 0.1) is 6.92 Å². The molecule has 35 heavy (non-hydrogen) atoms. The van der Waals surface area contributed by atoms with Crippen molar-refractivity contribution < 1.29 is 62.2 Å². The standard InChI is InChI=1S/C16H26N2O15P2/c1-6-4-18(16(24)17-14(6)23)10-3-8(20)9(30-10)5-29-34(25,26)33-35(27,28)32-15-12(22)11(21)13(31-15)7(2)19/h4,7-13,15,19-22H,3,5H2,1-2H3,(H,25,26)(H,27,28)(H,17,23,24)/p-2/t7-,8+,9-,10-,11-,12-,13+,15+/m1/s1. The summed E-state index contributed by atoms with van der Waals surface area (Å²) in [6.45, 7) is 1.70. The predicted octanol–water partition coefficient (Wildman–Crippen LogP) is -3.69. The summed E-state index contributed by atoms with van der Waals surface area (Å²) >= 11 is 0. The zero-order valence-electron chi connectivity index (χ0n) is 18.2. The predicted molar refractivity (Wildman–Crippen MR) is 106 cm³/mol. The minimum Gasteiger partial charge on any atom is -0.756 e. The highest BCUT2D eigenvalue weighted by Gasteiger charge is 2.47. The van der Waals surface area contributed by atoms with Gasteiger partial charge in [-0.25, -0.2) is 9.11 Å². The van der Waals surface area contributed by atoms with Gasteiger partial charge in [0.1, 0.15) is 30.6 Å². The van der Waals surface area contributed by atoms with Gasteiger partial charge in [-0.1, -0.05) is 0 Å². The number of hydrogen-bond acceptors (Lipinski definition) is 15. The molecule has 200 valence electrons. The van der Waals surface area contributed by atoms with E-state index < -0.39 is 82.6 Å². The summed E-state index contributed by atoms with van der Waals surface area (Å²) in [7, 11) is -11.4. The fourth-order valence-electron chi connectivity index (χ4n) is 3.45. The lowest BCUT2D eigenvalue weighted by Gasteiger charge is -2.33. The van der Waals surface area contributed by atoms with Crippen molar-refractivity contribution in [1.82, 2.24) is 9.55 Å². The first-order chi connectivity index (χ1) is 16.1. The molecule has 0 bridgehead atoms. The van der Waals surface area contributed by atoms with Gasteiger partial charge in [0.2, 0.25) is 0 Å². The van der Waals surface area contributed by atoms with Crippen LogP contribution in [0.4, 0.5) is 0 Å². The van der Waals surface area contributed by atoms with Crippen molar-refractivity contribution in [1.29, 1.82) is 0 Å². The number of aromatic nitrogens is 2. The molecule has 17 nitrogen and oxygen atoms in total. The Kier molecular flexibility index (Phi) is 8.56. The summed E-state index contributed by atoms with van der Waals surface area (Å²) < 4.78 is 47.9. The smallest absolute Gasteiger partial charge is 0.330 e. The van der Waals surface area contributed by atoms with Gasteiger partial charge < -0.3 is 44.2 Å². The normalized spacial score (nSPS) is 35.5. The van der Waals surface area contributed by atoms with Crippen LogP contribution in [0.15, 0.2) is 15.8 Å². The van der Waals surface area contributed by atoms with Crippen molar-refractivity contribution in [3.05, 3.63) is 32.6 Å². The number of aliphatic hydroxyl groups is 4. The number of nitrogens with one attached hydrogen (secondary N) is 1. The maximum atomic E-state index is 12.0. The quantitative estimate of drug-likeness (QED) is 0.187. The molecule has 0 aromatic carbocycles. The van der Waals surface area contributed by atoms with E-state index in [1.165, 1.54) is 20.0 Å². The Hall–Kier alpha value is -1.30. The SMILES string of the molecule is Cc1cn([C@H]2C[C@H](O)[C@@H](COP(=O)([O-])OP(=O)([O-])O[C@@H]3O[C@@H]([C@@H](C)O)[C@H](O)[C@H]3O)O2)c(=O)[nH]c1=O. The second kappa shape index (κ2) is 10.6. The van der Waals surface area contributed by atoms with Gasteiger partial charge in [0.15, 0.2) is 6.29 Å². The highest BCUT2D eigenvalue weighted by molar-refractivity contribution is 7.59. The number of aromatic amines is 1. The summed E-state index contributed by atoms with van der Waals surface area (Å²) in [5.41, 5.74) is -1.28. The van der Waals surface area contributed by atoms with Crippen LogP contribution < -0.4 is 21.0 Å². The Balaban J connectivity index is 1.58. The third kappa shape index (κ3) is 6.72. The molecule has 2 unspecified atom stereocenters. The first-order valence-electron chi connectivity index (χ1n) is 10.1. The molecule has 10 atom stereocenters. The molecule has 0 aliphatic carbocycles. The van der Waals surface area contributed by atoms with Gasteiger partial charge in [0.05, 0.1) is 18.8 Å². The average molecular weight is 546 g/mol. The Bertz CT molecular complexity index is 1120. The molecule has 2 fully saturated rings. The molecule has 5 N–H and O–H groups in total. The first kappa shape index (κ1) is 28.3. The van der Waals surface area contributed by atoms with Gasteiger partial charge in [0, 0.05) is 18.2 Å². The van der Waals surface area contributed by atoms with Gasteiger partial charge in [-0.05, 0) is 13.8 Å². The zero-order valence-corrected chi connectivity index (χ0v) is 20.0. The second-order valence-electron chi connectivity index (χ2n) is 7.98. The topological polar surface area (TPSA) is 262 Å². The van der Waals surface area contributed by atoms with E-state index in [2.05, 4.69) is 13.4 Å². The first-order valence-corrected chi connectivity index (χ1v) is 13.0. The van der Waals surface area contributed by atoms with E-state index in [1.807, 2.05) is 4.98 Å². The fraction of sp³-hybridized carbons (Fsp3) is 0.750. The number of phosphoric acid groups is 2. The van der Waals surface area contributed by atoms with E-state index >= 15 is 0 Å². The average Bonchev–Trinajstić information content (AvgIpc) is 3.22. The van der Waals surface area contributed by atoms with Gasteiger partial charge in [0.25, 0.3) is 21.2 Å². The Morgan fingerprint density at radius 3 is 2.46 bits per heavy atom. The third-order valence-corrected chi connectivity index (χ3v) is 7.75. The Morgan fingerprint density at radius 1 is 1.20 bits per heavy atom. The summed E-state index contributed by atoms with van der Waals surface area (Å²) in [4.78, 5) is 49.5. The lowest BCUT2D eigenvalue weighted by atomic mass is 10.1. The van der Waals surface area contributed by atoms with Crippen LogP contribution in [-0.2, 0) is 32.0 Å². The van der Waals surface area contributed by atoms with Crippen molar-refractivity contribution in [2.45, 2.75) is 69.4 Å². The lowest BCUT2D eigenvalue weighted by molar-refractivity contribution is -0.259. The molecule has 3 heterocycles. The number of hydrogen-bond donors (Lipinski definition) is 5. The summed E-state index contributed by atoms with van der Waals surface area (Å²) in [5, 5.41) is 39.1. The minimum atomic E-state index is -5.75. The molecule has 2 aliphatic rings. The summed E-state index contributed by atoms with van der Waals surface area (Å²) in [6, 6.07) is 0. The number of phosphoric ester groups is 2. The van der Waals surface area contributed by atoms with Crippen LogP contribution in [0.5, 0.6) is 0 Å². The number of rotatable bonds is 9. The van der Waals surface area contributed by atoms with E-state index in [4.69, 9.17) is 9.47 Å². The molecule has 2 saturated heterocycles. The monoisotopic (exact) mass is 546 g/mol. The maximum absolute atomic E-state index is 12.0. The molecule has 0 amide bonds. The van der Waals surface area contributed by atoms with Crippen molar-refractivity contribution in [3.63, 3.8) is 0 Å². The molecule has 0 spiro atoms. The number of ether oxygens (including phenoxy) is 2. The zero-order chi connectivity index (χ0) is 26.3. The van der Waals surface area contributed by atoms with Crippen molar-refractivity contribution in [2.75, 3.05) is 6.61 Å². The minimum absolute atomic E-state index is 0.176. The van der Waals surface area contributed by atoms with Gasteiger partial charge in [-0.15, -0.1) is 0 Å². The Labute approximate surface area is 196 Å². The highest BCUT2D eigenvalue weighted by Crippen LogP contribution is 2.57. The molecule has 2 aliphatic heterocycles. The molecular formula is C16H24N2O15P2-2. The van der Waals surface area contributed by atoms with E-state index in [1.54, 1.807) is 0 Å². The molecular weight excluding hydrogens is 522 g/mol. The number of nitrogens with zero attached hydrogens (tertiary/aromatic N) is 1. The van der Waals surface area contributed by atoms with Crippen LogP contribution in [0.2, 0.25) is 0 Å². The van der Waals surface area contributed by atoms with Crippen molar-refractivity contribution >= 4 is 15.6 Å². The van der Waals surface area contributed by atoms with E-state index in [0.717, 1.165) is 4.57 Å². The molecule has 1 aromatic heterocycles. The fourth-order valence-corrected chi connectivity index (χ4v) is 5.53. The van der Waals surface area contributed by atoms with Crippen LogP contribution in [0.25, 0.3) is 0 Å². The van der Waals surface area contributed by atoms with E-state index in [0.29, 0.717) is 0 Å². The molecule has 0 saturated carbocycles. The molecule has 19 heteroatoms. The van der Waals surface area contributed by atoms with Crippen LogP contribution in [-0.4, -0.2) is 79.5 Å². The second-order valence-corrected chi connectivity index (χ2v) is 10.9. The number of H-pyrrole nitrogens is 1. The van der Waals surface area contributed by atoms with Crippen molar-refractivity contribution in [3.8, 4) is 0 Å². The molecule has 3 rings (SSSR count). The molecule has 0 radical (unpaired) electrons. The van der Waals surface area contributed by atoms with Gasteiger partial charge >= 0.3 is 5.69 Å². The molecule has 1 aromatic rings. The number of aliphatic hydroxyl groups excluding tert-OH is 4. The Morgan fingerprint density at radius 2 is 1.86 bits per heavy atom. The van der Waals surface area contributed by atoms with Crippen LogP contribution >= 0.6 is 15.6 Å². The van der Waals surface area contributed by atoms with Gasteiger partial charge in [-0.2, -0.15) is 0 Å². The summed E-state index contributed by atoms with van der Waals surface area (Å²) in [5.74, 6) is 0. The van der Waals surface area contributed by atoms with Crippen LogP contribution in [0.1, 0.15) is 25.1 Å². The summed E-state index contributed by atoms with van der Waals surface area (Å²) in [6.07, 6.45) is -11.3. The largest absolute Gasteiger partial charge is 0.756 e. The maximum Gasteiger partial charge on any atom is 0.330 e. The van der Waals surface area contributed by atoms with E-state index in [9.17, 15) is 48.9 Å². The van der Waals surface area contributed by atoms with E-state index in [-0.39, 0.29) is 12.0 Å².